The van der Waals surface area contributed by atoms with Crippen LogP contribution in [0.3, 0.4) is 0 Å². The minimum absolute atomic E-state index is 0.0422. The summed E-state index contributed by atoms with van der Waals surface area (Å²) in [5.41, 5.74) is 0.0872. The molecule has 1 fully saturated rings. The highest BCUT2D eigenvalue weighted by atomic mass is 16.6. The van der Waals surface area contributed by atoms with Crippen LogP contribution < -0.4 is 0 Å². The number of amides is 1. The van der Waals surface area contributed by atoms with Crippen LogP contribution in [0.4, 0.5) is 0 Å². The zero-order valence-corrected chi connectivity index (χ0v) is 14.8. The van der Waals surface area contributed by atoms with Crippen LogP contribution in [0.15, 0.2) is 12.2 Å². The second kappa shape index (κ2) is 10.8. The van der Waals surface area contributed by atoms with Gasteiger partial charge in [-0.3, -0.25) is 9.59 Å². The number of hydrogen-bond acceptors (Lipinski definition) is 5. The van der Waals surface area contributed by atoms with Crippen molar-refractivity contribution in [1.82, 2.24) is 4.90 Å². The summed E-state index contributed by atoms with van der Waals surface area (Å²) < 4.78 is 10.3. The average molecular weight is 339 g/mol. The number of carbonyl (C=O) groups excluding carboxylic acids is 3. The second-order valence-electron chi connectivity index (χ2n) is 6.22. The Hall–Kier alpha value is -1.85. The van der Waals surface area contributed by atoms with Crippen molar-refractivity contribution in [2.45, 2.75) is 64.9 Å². The first-order valence-electron chi connectivity index (χ1n) is 8.74. The monoisotopic (exact) mass is 339 g/mol. The van der Waals surface area contributed by atoms with E-state index in [0.29, 0.717) is 19.7 Å². The van der Waals surface area contributed by atoms with Crippen LogP contribution in [0.2, 0.25) is 0 Å². The highest BCUT2D eigenvalue weighted by Crippen LogP contribution is 2.14. The van der Waals surface area contributed by atoms with Crippen LogP contribution in [0.5, 0.6) is 0 Å². The van der Waals surface area contributed by atoms with Crippen molar-refractivity contribution in [3.63, 3.8) is 0 Å². The Labute approximate surface area is 144 Å². The Bertz CT molecular complexity index is 454. The topological polar surface area (TPSA) is 72.9 Å². The lowest BCUT2D eigenvalue weighted by Crippen LogP contribution is -2.54. The Morgan fingerprint density at radius 3 is 2.33 bits per heavy atom. The SMILES string of the molecule is C=C(CC(=O)OCCCCCCCC)C(=O)OC1CN(C(C)=O)C1. The summed E-state index contributed by atoms with van der Waals surface area (Å²) in [6.45, 7) is 8.40. The van der Waals surface area contributed by atoms with E-state index >= 15 is 0 Å². The second-order valence-corrected chi connectivity index (χ2v) is 6.22. The van der Waals surface area contributed by atoms with Crippen molar-refractivity contribution in [2.24, 2.45) is 0 Å². The predicted molar refractivity (Wildman–Crippen MR) is 90.2 cm³/mol. The maximum atomic E-state index is 11.8. The molecule has 0 bridgehead atoms. The first-order chi connectivity index (χ1) is 11.4. The molecule has 6 heteroatoms. The Morgan fingerprint density at radius 1 is 1.08 bits per heavy atom. The van der Waals surface area contributed by atoms with Crippen LogP contribution in [-0.2, 0) is 23.9 Å². The molecule has 136 valence electrons. The van der Waals surface area contributed by atoms with Crippen molar-refractivity contribution in [3.8, 4) is 0 Å². The van der Waals surface area contributed by atoms with E-state index in [1.54, 1.807) is 4.90 Å². The maximum Gasteiger partial charge on any atom is 0.334 e. The van der Waals surface area contributed by atoms with Gasteiger partial charge in [-0.1, -0.05) is 45.6 Å². The quantitative estimate of drug-likeness (QED) is 0.329. The van der Waals surface area contributed by atoms with Gasteiger partial charge in [0.25, 0.3) is 0 Å². The zero-order valence-electron chi connectivity index (χ0n) is 14.8. The largest absolute Gasteiger partial charge is 0.465 e. The smallest absolute Gasteiger partial charge is 0.334 e. The van der Waals surface area contributed by atoms with E-state index in [2.05, 4.69) is 13.5 Å². The molecule has 0 saturated carbocycles. The highest BCUT2D eigenvalue weighted by Gasteiger charge is 2.32. The average Bonchev–Trinajstić information content (AvgIpc) is 2.48. The molecule has 24 heavy (non-hydrogen) atoms. The fourth-order valence-electron chi connectivity index (χ4n) is 2.37. The van der Waals surface area contributed by atoms with Crippen molar-refractivity contribution in [3.05, 3.63) is 12.2 Å². The minimum atomic E-state index is -0.597. The number of esters is 2. The van der Waals surface area contributed by atoms with E-state index in [9.17, 15) is 14.4 Å². The normalized spacial score (nSPS) is 14.0. The lowest BCUT2D eigenvalue weighted by Gasteiger charge is -2.37. The molecule has 0 atom stereocenters. The summed E-state index contributed by atoms with van der Waals surface area (Å²) >= 11 is 0. The molecule has 1 amide bonds. The van der Waals surface area contributed by atoms with E-state index in [-0.39, 0.29) is 24.0 Å². The maximum absolute atomic E-state index is 11.8. The van der Waals surface area contributed by atoms with Gasteiger partial charge >= 0.3 is 11.9 Å². The van der Waals surface area contributed by atoms with Crippen molar-refractivity contribution < 1.29 is 23.9 Å². The molecule has 1 heterocycles. The summed E-state index contributed by atoms with van der Waals surface area (Å²) in [5, 5.41) is 0. The summed E-state index contributed by atoms with van der Waals surface area (Å²) in [6.07, 6.45) is 6.25. The van der Waals surface area contributed by atoms with Crippen LogP contribution in [0.25, 0.3) is 0 Å². The molecule has 0 radical (unpaired) electrons. The van der Waals surface area contributed by atoms with Crippen LogP contribution in [0.1, 0.15) is 58.8 Å². The molecule has 1 saturated heterocycles. The summed E-state index contributed by atoms with van der Waals surface area (Å²) in [7, 11) is 0. The highest BCUT2D eigenvalue weighted by molar-refractivity contribution is 5.93. The molecule has 0 unspecified atom stereocenters. The van der Waals surface area contributed by atoms with E-state index in [1.807, 2.05) is 0 Å². The van der Waals surface area contributed by atoms with Gasteiger partial charge in [0.15, 0.2) is 0 Å². The molecular weight excluding hydrogens is 310 g/mol. The van der Waals surface area contributed by atoms with Gasteiger partial charge in [-0.15, -0.1) is 0 Å². The van der Waals surface area contributed by atoms with E-state index in [4.69, 9.17) is 9.47 Å². The lowest BCUT2D eigenvalue weighted by atomic mass is 10.1. The zero-order chi connectivity index (χ0) is 17.9. The Balaban J connectivity index is 2.08. The molecule has 0 N–H and O–H groups in total. The summed E-state index contributed by atoms with van der Waals surface area (Å²) in [5.74, 6) is -1.09. The van der Waals surface area contributed by atoms with Gasteiger partial charge in [-0.25, -0.2) is 4.79 Å². The fourth-order valence-corrected chi connectivity index (χ4v) is 2.37. The van der Waals surface area contributed by atoms with Gasteiger partial charge in [0.1, 0.15) is 6.10 Å². The molecule has 1 rings (SSSR count). The van der Waals surface area contributed by atoms with Crippen LogP contribution >= 0.6 is 0 Å². The predicted octanol–water partition coefficient (Wildman–Crippen LogP) is 2.61. The van der Waals surface area contributed by atoms with Gasteiger partial charge < -0.3 is 14.4 Å². The third-order valence-electron chi connectivity index (χ3n) is 3.97. The molecule has 0 aromatic heterocycles. The number of hydrogen-bond donors (Lipinski definition) is 0. The molecular formula is C18H29NO5. The molecule has 1 aliphatic rings. The number of rotatable bonds is 11. The van der Waals surface area contributed by atoms with E-state index < -0.39 is 11.9 Å². The molecule has 0 aromatic carbocycles. The molecule has 0 aromatic rings. The van der Waals surface area contributed by atoms with Gasteiger partial charge in [-0.05, 0) is 6.42 Å². The Kier molecular flexibility index (Phi) is 9.12. The fraction of sp³-hybridized carbons (Fsp3) is 0.722. The summed E-state index contributed by atoms with van der Waals surface area (Å²) in [6, 6.07) is 0. The molecule has 6 nitrogen and oxygen atoms in total. The number of carbonyl (C=O) groups is 3. The van der Waals surface area contributed by atoms with Crippen LogP contribution in [0, 0.1) is 0 Å². The van der Waals surface area contributed by atoms with E-state index in [1.165, 1.54) is 26.2 Å². The van der Waals surface area contributed by atoms with Gasteiger partial charge in [0, 0.05) is 12.5 Å². The number of unbranched alkanes of at least 4 members (excludes halogenated alkanes) is 5. The number of likely N-dealkylation sites (tertiary alicyclic amines) is 1. The van der Waals surface area contributed by atoms with Gasteiger partial charge in [0.2, 0.25) is 5.91 Å². The van der Waals surface area contributed by atoms with Crippen molar-refractivity contribution in [1.29, 1.82) is 0 Å². The molecule has 0 aliphatic carbocycles. The van der Waals surface area contributed by atoms with E-state index in [0.717, 1.165) is 19.3 Å². The van der Waals surface area contributed by atoms with Gasteiger partial charge in [-0.2, -0.15) is 0 Å². The third kappa shape index (κ3) is 7.62. The first kappa shape index (κ1) is 20.2. The Morgan fingerprint density at radius 2 is 1.71 bits per heavy atom. The third-order valence-corrected chi connectivity index (χ3v) is 3.97. The number of ether oxygens (including phenoxy) is 2. The lowest BCUT2D eigenvalue weighted by molar-refractivity contribution is -0.160. The number of nitrogens with zero attached hydrogens (tertiary/aromatic N) is 1. The van der Waals surface area contributed by atoms with Crippen LogP contribution in [-0.4, -0.2) is 48.5 Å². The minimum Gasteiger partial charge on any atom is -0.465 e. The first-order valence-corrected chi connectivity index (χ1v) is 8.74. The standard InChI is InChI=1S/C18H29NO5/c1-4-5-6-7-8-9-10-23-17(21)11-14(2)18(22)24-16-12-19(13-16)15(3)20/h16H,2,4-13H2,1,3H3. The molecule has 1 aliphatic heterocycles. The van der Waals surface area contributed by atoms with Gasteiger partial charge in [0.05, 0.1) is 26.1 Å². The van der Waals surface area contributed by atoms with Crippen molar-refractivity contribution in [2.75, 3.05) is 19.7 Å². The van der Waals surface area contributed by atoms with Crippen molar-refractivity contribution >= 4 is 17.8 Å². The molecule has 0 spiro atoms. The summed E-state index contributed by atoms with van der Waals surface area (Å²) in [4.78, 5) is 36.1.